The van der Waals surface area contributed by atoms with Crippen LogP contribution in [0.4, 0.5) is 0 Å². The Labute approximate surface area is 82.9 Å². The molecule has 0 amide bonds. The number of hydrogen-bond acceptors (Lipinski definition) is 3. The van der Waals surface area contributed by atoms with Crippen molar-refractivity contribution in [1.29, 1.82) is 0 Å². The van der Waals surface area contributed by atoms with Crippen molar-refractivity contribution in [3.63, 3.8) is 0 Å². The lowest BCUT2D eigenvalue weighted by Gasteiger charge is -2.24. The molecule has 72 valence electrons. The number of nitrogens with one attached hydrogen (secondary N) is 1. The molecule has 0 saturated carbocycles. The lowest BCUT2D eigenvalue weighted by atomic mass is 10.0. The van der Waals surface area contributed by atoms with Crippen molar-refractivity contribution < 1.29 is 0 Å². The van der Waals surface area contributed by atoms with Gasteiger partial charge in [0.25, 0.3) is 0 Å². The van der Waals surface area contributed by atoms with Gasteiger partial charge in [-0.25, -0.2) is 4.98 Å². The number of thioether (sulfide) groups is 1. The Morgan fingerprint density at radius 1 is 1.69 bits per heavy atom. The molecule has 2 heterocycles. The molecule has 4 heteroatoms. The van der Waals surface area contributed by atoms with Crippen LogP contribution in [0.15, 0.2) is 12.4 Å². The fraction of sp³-hybridized carbons (Fsp3) is 0.667. The molecule has 0 spiro atoms. The van der Waals surface area contributed by atoms with E-state index in [1.165, 1.54) is 0 Å². The molecule has 1 N–H and O–H groups in total. The summed E-state index contributed by atoms with van der Waals surface area (Å²) in [5.41, 5.74) is 0. The van der Waals surface area contributed by atoms with Crippen molar-refractivity contribution in [2.75, 3.05) is 5.88 Å². The van der Waals surface area contributed by atoms with Crippen LogP contribution < -0.4 is 5.32 Å². The van der Waals surface area contributed by atoms with Crippen molar-refractivity contribution in [2.24, 2.45) is 7.05 Å². The summed E-state index contributed by atoms with van der Waals surface area (Å²) in [6.07, 6.45) is 3.85. The summed E-state index contributed by atoms with van der Waals surface area (Å²) in [5.74, 6) is 2.15. The van der Waals surface area contributed by atoms with Crippen molar-refractivity contribution in [2.45, 2.75) is 24.6 Å². The summed E-state index contributed by atoms with van der Waals surface area (Å²) in [4.78, 5) is 4.38. The van der Waals surface area contributed by atoms with Crippen LogP contribution in [0.1, 0.15) is 25.7 Å². The SMILES string of the molecule is Cn1ccnc1C1NCSC1(C)C. The van der Waals surface area contributed by atoms with E-state index in [2.05, 4.69) is 28.7 Å². The molecule has 1 aromatic rings. The summed E-state index contributed by atoms with van der Waals surface area (Å²) in [7, 11) is 2.04. The minimum atomic E-state index is 0.249. The summed E-state index contributed by atoms with van der Waals surface area (Å²) >= 11 is 1.95. The van der Waals surface area contributed by atoms with Crippen LogP contribution in [0.2, 0.25) is 0 Å². The van der Waals surface area contributed by atoms with Gasteiger partial charge in [0.15, 0.2) is 0 Å². The van der Waals surface area contributed by atoms with Gasteiger partial charge in [-0.1, -0.05) is 0 Å². The first kappa shape index (κ1) is 9.09. The maximum absolute atomic E-state index is 4.38. The Kier molecular flexibility index (Phi) is 2.12. The molecule has 1 atom stereocenters. The third kappa shape index (κ3) is 1.48. The number of hydrogen-bond donors (Lipinski definition) is 1. The zero-order valence-corrected chi connectivity index (χ0v) is 9.06. The third-order valence-electron chi connectivity index (χ3n) is 2.54. The first-order valence-corrected chi connectivity index (χ1v) is 5.44. The maximum Gasteiger partial charge on any atom is 0.127 e. The van der Waals surface area contributed by atoms with Gasteiger partial charge >= 0.3 is 0 Å². The quantitative estimate of drug-likeness (QED) is 0.740. The molecule has 1 fully saturated rings. The van der Waals surface area contributed by atoms with E-state index in [4.69, 9.17) is 0 Å². The van der Waals surface area contributed by atoms with Crippen LogP contribution in [-0.4, -0.2) is 20.2 Å². The van der Waals surface area contributed by atoms with E-state index >= 15 is 0 Å². The van der Waals surface area contributed by atoms with Gasteiger partial charge in [0.2, 0.25) is 0 Å². The molecule has 0 aromatic carbocycles. The largest absolute Gasteiger partial charge is 0.337 e. The van der Waals surface area contributed by atoms with E-state index in [1.54, 1.807) is 0 Å². The van der Waals surface area contributed by atoms with Crippen molar-refractivity contribution in [3.8, 4) is 0 Å². The van der Waals surface area contributed by atoms with Crippen molar-refractivity contribution >= 4 is 11.8 Å². The molecule has 1 aliphatic rings. The summed E-state index contributed by atoms with van der Waals surface area (Å²) < 4.78 is 2.34. The Hall–Kier alpha value is -0.480. The first-order chi connectivity index (χ1) is 6.11. The monoisotopic (exact) mass is 197 g/mol. The standard InChI is InChI=1S/C9H15N3S/c1-9(2)7(11-6-13-9)8-10-4-5-12(8)3/h4-5,7,11H,6H2,1-3H3. The molecule has 1 saturated heterocycles. The summed E-state index contributed by atoms with van der Waals surface area (Å²) in [5, 5.41) is 3.47. The predicted molar refractivity (Wildman–Crippen MR) is 55.6 cm³/mol. The molecule has 13 heavy (non-hydrogen) atoms. The number of rotatable bonds is 1. The van der Waals surface area contributed by atoms with Crippen LogP contribution in [-0.2, 0) is 7.05 Å². The third-order valence-corrected chi connectivity index (χ3v) is 3.83. The maximum atomic E-state index is 4.38. The highest BCUT2D eigenvalue weighted by Gasteiger charge is 2.38. The molecule has 0 radical (unpaired) electrons. The Morgan fingerprint density at radius 3 is 2.92 bits per heavy atom. The lowest BCUT2D eigenvalue weighted by Crippen LogP contribution is -2.30. The average molecular weight is 197 g/mol. The number of aryl methyl sites for hydroxylation is 1. The fourth-order valence-corrected chi connectivity index (χ4v) is 2.68. The summed E-state index contributed by atoms with van der Waals surface area (Å²) in [6.45, 7) is 4.52. The van der Waals surface area contributed by atoms with Gasteiger partial charge in [0, 0.05) is 30.1 Å². The molecule has 1 unspecified atom stereocenters. The molecule has 0 bridgehead atoms. The molecule has 0 aliphatic carbocycles. The zero-order valence-electron chi connectivity index (χ0n) is 8.24. The van der Waals surface area contributed by atoms with Gasteiger partial charge in [-0.2, -0.15) is 0 Å². The van der Waals surface area contributed by atoms with Crippen LogP contribution in [0.5, 0.6) is 0 Å². The van der Waals surface area contributed by atoms with Crippen molar-refractivity contribution in [3.05, 3.63) is 18.2 Å². The van der Waals surface area contributed by atoms with Crippen LogP contribution in [0.3, 0.4) is 0 Å². The lowest BCUT2D eigenvalue weighted by molar-refractivity contribution is 0.470. The second kappa shape index (κ2) is 3.03. The minimum absolute atomic E-state index is 0.249. The average Bonchev–Trinajstić information content (AvgIpc) is 2.56. The summed E-state index contributed by atoms with van der Waals surface area (Å²) in [6, 6.07) is 0.373. The van der Waals surface area contributed by atoms with Gasteiger partial charge in [-0.05, 0) is 13.8 Å². The normalized spacial score (nSPS) is 26.5. The minimum Gasteiger partial charge on any atom is -0.337 e. The molecule has 1 aliphatic heterocycles. The van der Waals surface area contributed by atoms with E-state index in [-0.39, 0.29) is 4.75 Å². The highest BCUT2D eigenvalue weighted by Crippen LogP contribution is 2.41. The highest BCUT2D eigenvalue weighted by atomic mass is 32.2. The van der Waals surface area contributed by atoms with E-state index in [0.29, 0.717) is 6.04 Å². The Bertz CT molecular complexity index is 306. The second-order valence-electron chi connectivity index (χ2n) is 3.93. The van der Waals surface area contributed by atoms with Crippen LogP contribution in [0.25, 0.3) is 0 Å². The van der Waals surface area contributed by atoms with Gasteiger partial charge in [0.05, 0.1) is 6.04 Å². The fourth-order valence-electron chi connectivity index (χ4n) is 1.70. The first-order valence-electron chi connectivity index (χ1n) is 4.46. The molecular weight excluding hydrogens is 182 g/mol. The van der Waals surface area contributed by atoms with E-state index < -0.39 is 0 Å². The van der Waals surface area contributed by atoms with Crippen molar-refractivity contribution in [1.82, 2.24) is 14.9 Å². The van der Waals surface area contributed by atoms with Gasteiger partial charge in [-0.3, -0.25) is 5.32 Å². The number of aromatic nitrogens is 2. The van der Waals surface area contributed by atoms with Crippen LogP contribution >= 0.6 is 11.8 Å². The number of imidazole rings is 1. The van der Waals surface area contributed by atoms with E-state index in [1.807, 2.05) is 31.2 Å². The van der Waals surface area contributed by atoms with E-state index in [0.717, 1.165) is 11.7 Å². The Balaban J connectivity index is 2.31. The zero-order chi connectivity index (χ0) is 9.47. The van der Waals surface area contributed by atoms with Gasteiger partial charge in [-0.15, -0.1) is 11.8 Å². The Morgan fingerprint density at radius 2 is 2.46 bits per heavy atom. The molecule has 2 rings (SSSR count). The number of nitrogens with zero attached hydrogens (tertiary/aromatic N) is 2. The van der Waals surface area contributed by atoms with Gasteiger partial charge < -0.3 is 4.57 Å². The highest BCUT2D eigenvalue weighted by molar-refractivity contribution is 8.00. The smallest absolute Gasteiger partial charge is 0.127 e. The van der Waals surface area contributed by atoms with Gasteiger partial charge in [0.1, 0.15) is 5.82 Å². The molecule has 3 nitrogen and oxygen atoms in total. The molecule has 1 aromatic heterocycles. The second-order valence-corrected chi connectivity index (χ2v) is 5.56. The predicted octanol–water partition coefficient (Wildman–Crippen LogP) is 1.53. The van der Waals surface area contributed by atoms with Crippen LogP contribution in [0, 0.1) is 0 Å². The van der Waals surface area contributed by atoms with E-state index in [9.17, 15) is 0 Å². The molecular formula is C9H15N3S. The topological polar surface area (TPSA) is 29.9 Å².